The Bertz CT molecular complexity index is 807. The molecule has 2 aromatic rings. The van der Waals surface area contributed by atoms with Crippen LogP contribution in [0.1, 0.15) is 54.9 Å². The zero-order valence-electron chi connectivity index (χ0n) is 14.9. The lowest BCUT2D eigenvalue weighted by molar-refractivity contribution is 0.0841. The number of aliphatic hydroxyl groups excluding tert-OH is 1. The van der Waals surface area contributed by atoms with Gasteiger partial charge in [0.2, 0.25) is 0 Å². The van der Waals surface area contributed by atoms with Gasteiger partial charge in [0.05, 0.1) is 18.3 Å². The summed E-state index contributed by atoms with van der Waals surface area (Å²) in [6, 6.07) is 5.40. The van der Waals surface area contributed by atoms with Crippen LogP contribution in [0.25, 0.3) is 5.82 Å². The molecule has 25 heavy (non-hydrogen) atoms. The van der Waals surface area contributed by atoms with Crippen molar-refractivity contribution in [2.75, 3.05) is 6.61 Å². The molecule has 0 saturated heterocycles. The van der Waals surface area contributed by atoms with E-state index in [1.165, 1.54) is 6.42 Å². The lowest BCUT2D eigenvalue weighted by Crippen LogP contribution is -2.46. The molecule has 0 bridgehead atoms. The number of nitrogens with zero attached hydrogens (tertiary/aromatic N) is 3. The van der Waals surface area contributed by atoms with Crippen LogP contribution < -0.4 is 5.32 Å². The molecule has 6 nitrogen and oxygen atoms in total. The number of pyridine rings is 1. The highest BCUT2D eigenvalue weighted by Gasteiger charge is 2.50. The number of aromatic nitrogens is 3. The molecule has 4 rings (SSSR count). The molecular weight excluding hydrogens is 316 g/mol. The van der Waals surface area contributed by atoms with Crippen molar-refractivity contribution in [2.24, 2.45) is 11.3 Å². The minimum absolute atomic E-state index is 0.0936. The molecule has 1 amide bonds. The summed E-state index contributed by atoms with van der Waals surface area (Å²) < 4.78 is 1.84. The molecule has 0 aromatic carbocycles. The molecule has 132 valence electrons. The van der Waals surface area contributed by atoms with Crippen molar-refractivity contribution in [1.29, 1.82) is 0 Å². The van der Waals surface area contributed by atoms with Crippen LogP contribution in [-0.2, 0) is 6.42 Å². The van der Waals surface area contributed by atoms with E-state index in [4.69, 9.17) is 0 Å². The quantitative estimate of drug-likeness (QED) is 0.893. The molecular formula is C19H24N4O2. The number of fused-ring (bicyclic) bond motifs is 3. The molecule has 1 saturated carbocycles. The molecule has 1 fully saturated rings. The first-order valence-electron chi connectivity index (χ1n) is 8.85. The molecule has 6 heteroatoms. The summed E-state index contributed by atoms with van der Waals surface area (Å²) in [6.07, 6.45) is 3.83. The van der Waals surface area contributed by atoms with E-state index in [9.17, 15) is 9.90 Å². The van der Waals surface area contributed by atoms with Crippen LogP contribution in [0.15, 0.2) is 24.4 Å². The Labute approximate surface area is 147 Å². The Morgan fingerprint density at radius 3 is 2.88 bits per heavy atom. The summed E-state index contributed by atoms with van der Waals surface area (Å²) >= 11 is 0. The summed E-state index contributed by atoms with van der Waals surface area (Å²) in [4.78, 5) is 17.3. The minimum atomic E-state index is -0.313. The molecule has 2 aliphatic rings. The van der Waals surface area contributed by atoms with Gasteiger partial charge in [-0.15, -0.1) is 0 Å². The number of carbonyl (C=O) groups is 1. The Morgan fingerprint density at radius 2 is 2.24 bits per heavy atom. The highest BCUT2D eigenvalue weighted by Crippen LogP contribution is 2.57. The number of carbonyl (C=O) groups excluding carboxylic acids is 1. The predicted molar refractivity (Wildman–Crippen MR) is 93.7 cm³/mol. The number of rotatable bonds is 4. The van der Waals surface area contributed by atoms with Gasteiger partial charge in [-0.1, -0.05) is 26.8 Å². The van der Waals surface area contributed by atoms with Crippen LogP contribution in [0.2, 0.25) is 0 Å². The van der Waals surface area contributed by atoms with Gasteiger partial charge < -0.3 is 10.4 Å². The zero-order valence-corrected chi connectivity index (χ0v) is 14.9. The number of nitrogens with one attached hydrogen (secondary N) is 1. The summed E-state index contributed by atoms with van der Waals surface area (Å²) in [5.74, 6) is 1.69. The second-order valence-corrected chi connectivity index (χ2v) is 8.19. The average molecular weight is 340 g/mol. The maximum Gasteiger partial charge on any atom is 0.272 e. The fourth-order valence-electron chi connectivity index (χ4n) is 3.71. The van der Waals surface area contributed by atoms with Crippen molar-refractivity contribution in [3.8, 4) is 5.82 Å². The largest absolute Gasteiger partial charge is 0.394 e. The van der Waals surface area contributed by atoms with Crippen molar-refractivity contribution in [3.05, 3.63) is 41.3 Å². The molecule has 0 spiro atoms. The number of hydrogen-bond donors (Lipinski definition) is 2. The van der Waals surface area contributed by atoms with Crippen molar-refractivity contribution in [2.45, 2.75) is 45.6 Å². The van der Waals surface area contributed by atoms with Gasteiger partial charge in [0.15, 0.2) is 11.5 Å². The first-order chi connectivity index (χ1) is 11.9. The summed E-state index contributed by atoms with van der Waals surface area (Å²) in [5.41, 5.74) is 2.45. The summed E-state index contributed by atoms with van der Waals surface area (Å²) in [6.45, 7) is 5.91. The Kier molecular flexibility index (Phi) is 3.68. The number of hydrogen-bond acceptors (Lipinski definition) is 4. The highest BCUT2D eigenvalue weighted by atomic mass is 16.3. The lowest BCUT2D eigenvalue weighted by Gasteiger charge is -2.29. The average Bonchev–Trinajstić information content (AvgIpc) is 3.08. The molecule has 0 aliphatic heterocycles. The Balaban J connectivity index is 1.70. The van der Waals surface area contributed by atoms with E-state index < -0.39 is 0 Å². The third kappa shape index (κ3) is 2.74. The fraction of sp³-hybridized carbons (Fsp3) is 0.526. The van der Waals surface area contributed by atoms with Gasteiger partial charge in [-0.2, -0.15) is 5.10 Å². The Morgan fingerprint density at radius 1 is 1.44 bits per heavy atom. The van der Waals surface area contributed by atoms with Crippen LogP contribution in [0.5, 0.6) is 0 Å². The lowest BCUT2D eigenvalue weighted by atomic mass is 9.87. The number of amides is 1. The van der Waals surface area contributed by atoms with Crippen molar-refractivity contribution < 1.29 is 9.90 Å². The SMILES string of the molecule is CC(C)(C)[C@@H](CO)NC(=O)c1nn(-c2ccccn2)c2c1C[C@H]1C[C@@H]21. The standard InChI is InChI=1S/C19H24N4O2/c1-19(2,3)14(10-24)21-18(25)16-13-9-11-8-12(11)17(13)23(22-16)15-6-4-5-7-20-15/h4-7,11-12,14,24H,8-10H2,1-3H3,(H,21,25)/t11-,12-,14-/m1/s1. The van der Waals surface area contributed by atoms with Crippen molar-refractivity contribution in [1.82, 2.24) is 20.1 Å². The maximum absolute atomic E-state index is 12.9. The predicted octanol–water partition coefficient (Wildman–Crippen LogP) is 2.06. The molecule has 2 aliphatic carbocycles. The first kappa shape index (κ1) is 16.3. The van der Waals surface area contributed by atoms with E-state index in [2.05, 4.69) is 15.4 Å². The molecule has 2 N–H and O–H groups in total. The van der Waals surface area contributed by atoms with Crippen LogP contribution in [0.3, 0.4) is 0 Å². The van der Waals surface area contributed by atoms with E-state index in [1.807, 2.05) is 43.7 Å². The smallest absolute Gasteiger partial charge is 0.272 e. The van der Waals surface area contributed by atoms with Crippen LogP contribution >= 0.6 is 0 Å². The highest BCUT2D eigenvalue weighted by molar-refractivity contribution is 5.94. The molecule has 0 unspecified atom stereocenters. The van der Waals surface area contributed by atoms with E-state index in [0.29, 0.717) is 17.5 Å². The van der Waals surface area contributed by atoms with Crippen molar-refractivity contribution in [3.63, 3.8) is 0 Å². The van der Waals surface area contributed by atoms with E-state index >= 15 is 0 Å². The maximum atomic E-state index is 12.9. The monoisotopic (exact) mass is 340 g/mol. The van der Waals surface area contributed by atoms with Crippen LogP contribution in [0.4, 0.5) is 0 Å². The fourth-order valence-corrected chi connectivity index (χ4v) is 3.71. The van der Waals surface area contributed by atoms with E-state index in [-0.39, 0.29) is 24.0 Å². The van der Waals surface area contributed by atoms with E-state index in [1.54, 1.807) is 6.20 Å². The second kappa shape index (κ2) is 5.66. The van der Waals surface area contributed by atoms with Gasteiger partial charge in [-0.05, 0) is 36.3 Å². The van der Waals surface area contributed by atoms with Gasteiger partial charge >= 0.3 is 0 Å². The van der Waals surface area contributed by atoms with Gasteiger partial charge in [-0.25, -0.2) is 9.67 Å². The molecule has 2 heterocycles. The molecule has 2 aromatic heterocycles. The third-order valence-electron chi connectivity index (χ3n) is 5.38. The topological polar surface area (TPSA) is 80.0 Å². The zero-order chi connectivity index (χ0) is 17.8. The summed E-state index contributed by atoms with van der Waals surface area (Å²) in [5, 5.41) is 17.2. The normalized spacial score (nSPS) is 22.2. The van der Waals surface area contributed by atoms with Crippen LogP contribution in [0, 0.1) is 11.3 Å². The molecule has 0 radical (unpaired) electrons. The number of aliphatic hydroxyl groups is 1. The first-order valence-corrected chi connectivity index (χ1v) is 8.85. The Hall–Kier alpha value is -2.21. The van der Waals surface area contributed by atoms with Gasteiger partial charge in [-0.3, -0.25) is 4.79 Å². The van der Waals surface area contributed by atoms with Gasteiger partial charge in [0.1, 0.15) is 0 Å². The van der Waals surface area contributed by atoms with Gasteiger partial charge in [0.25, 0.3) is 5.91 Å². The molecule has 3 atom stereocenters. The minimum Gasteiger partial charge on any atom is -0.394 e. The second-order valence-electron chi connectivity index (χ2n) is 8.19. The van der Waals surface area contributed by atoms with Crippen molar-refractivity contribution >= 4 is 5.91 Å². The van der Waals surface area contributed by atoms with Crippen LogP contribution in [-0.4, -0.2) is 38.4 Å². The third-order valence-corrected chi connectivity index (χ3v) is 5.38. The van der Waals surface area contributed by atoms with Gasteiger partial charge in [0, 0.05) is 17.7 Å². The summed E-state index contributed by atoms with van der Waals surface area (Å²) in [7, 11) is 0. The van der Waals surface area contributed by atoms with E-state index in [0.717, 1.165) is 23.5 Å².